The monoisotopic (exact) mass is 1880 g/mol. The molecule has 0 amide bonds. The van der Waals surface area contributed by atoms with E-state index in [-0.39, 0.29) is 11.4 Å². The molecule has 5 aliphatic rings. The van der Waals surface area contributed by atoms with Crippen LogP contribution in [0.4, 0.5) is 26.3 Å². The smallest absolute Gasteiger partial charge is 0.496 e. The van der Waals surface area contributed by atoms with E-state index >= 15 is 0 Å². The molecule has 134 heavy (non-hydrogen) atoms. The van der Waals surface area contributed by atoms with E-state index < -0.39 is 18.1 Å². The van der Waals surface area contributed by atoms with E-state index in [0.29, 0.717) is 160 Å². The highest BCUT2D eigenvalue weighted by atomic mass is 79.9. The van der Waals surface area contributed by atoms with Gasteiger partial charge in [0, 0.05) is 43.3 Å². The summed E-state index contributed by atoms with van der Waals surface area (Å²) in [6.45, 7) is 6.15. The van der Waals surface area contributed by atoms with Gasteiger partial charge in [-0.05, 0) is 105 Å². The Bertz CT molecular complexity index is 7990. The molecule has 0 spiro atoms. The summed E-state index contributed by atoms with van der Waals surface area (Å²) in [5.41, 5.74) is 19.4. The first kappa shape index (κ1) is 82.2. The Labute approximate surface area is 754 Å². The van der Waals surface area contributed by atoms with Gasteiger partial charge in [-0.1, -0.05) is 94.7 Å². The molecule has 0 atom stereocenters. The van der Waals surface area contributed by atoms with Crippen LogP contribution in [0.2, 0.25) is 0 Å². The second kappa shape index (κ2) is 32.9. The molecule has 0 saturated heterocycles. The molecule has 41 nitrogen and oxygen atoms in total. The minimum absolute atomic E-state index is 0.280. The molecular weight excluding hydrogens is 1820 g/mol. The van der Waals surface area contributed by atoms with E-state index in [1.807, 2.05) is 77.7 Å². The molecule has 0 fully saturated rings. The maximum atomic E-state index is 13.2. The molecule has 5 aliphatic heterocycles. The highest BCUT2D eigenvalue weighted by Crippen LogP contribution is 2.44. The van der Waals surface area contributed by atoms with Crippen molar-refractivity contribution in [1.82, 2.24) is 163 Å². The molecule has 0 unspecified atom stereocenters. The second-order valence-corrected chi connectivity index (χ2v) is 31.3. The first-order chi connectivity index (χ1) is 65.2. The zero-order valence-corrected chi connectivity index (χ0v) is 71.6. The van der Waals surface area contributed by atoms with Gasteiger partial charge in [-0.2, -0.15) is 28.1 Å². The van der Waals surface area contributed by atoms with E-state index in [2.05, 4.69) is 172 Å². The minimum Gasteiger partial charge on any atom is -0.496 e. The number of alkyl halides is 6. The lowest BCUT2D eigenvalue weighted by molar-refractivity contribution is -0.274. The van der Waals surface area contributed by atoms with Crippen molar-refractivity contribution in [3.05, 3.63) is 287 Å². The molecule has 21 aromatic rings. The van der Waals surface area contributed by atoms with Gasteiger partial charge in [0.05, 0.1) is 164 Å². The molecule has 0 radical (unpaired) electrons. The van der Waals surface area contributed by atoms with Crippen LogP contribution >= 0.6 is 15.9 Å². The van der Waals surface area contributed by atoms with Crippen molar-refractivity contribution >= 4 is 15.9 Å². The Balaban J connectivity index is 0.0000000976. The number of hydrogen-bond acceptors (Lipinski definition) is 31. The summed E-state index contributed by atoms with van der Waals surface area (Å²) in [5, 5.41) is 52.9. The Kier molecular flexibility index (Phi) is 20.2. The first-order valence-corrected chi connectivity index (χ1v) is 41.3. The number of rotatable bonds is 10. The quantitative estimate of drug-likeness (QED) is 0.115. The van der Waals surface area contributed by atoms with Crippen molar-refractivity contribution in [2.45, 2.75) is 72.1 Å². The lowest BCUT2D eigenvalue weighted by Crippen LogP contribution is -2.17. The van der Waals surface area contributed by atoms with Crippen LogP contribution in [0.1, 0.15) is 80.1 Å². The lowest BCUT2D eigenvalue weighted by atomic mass is 10.0. The van der Waals surface area contributed by atoms with Gasteiger partial charge in [-0.25, -0.2) is 53.6 Å². The average Bonchev–Trinajstić information content (AvgIpc) is 2.16. The van der Waals surface area contributed by atoms with Crippen LogP contribution in [-0.4, -0.2) is 183 Å². The van der Waals surface area contributed by atoms with E-state index in [1.165, 1.54) is 64.7 Å². The molecule has 26 rings (SSSR count). The standard InChI is InChI=1S/C21H15N7O.C18H17N7O3.C16H9F3N6O2.C16H9F3N6O.C15H10BrN7O/c1-13-24-21(29-25-13)20-19-10-16-11-23-26-28(16)18-9-15(14-5-3-2-4-6-14)7-8-17(18)27(19)12-22-20;1-10-20-18(28-23-10)16-12-7-24-14(8-26-2)21-22-17(24)15-11(25(12)9-19-16)5-4-6-13(15)27-3;17-16(18,19)27-10-1-2-11-12(6-10)25-9(7-22-23-25)5-13-14(21-8-24(11)13)15-20-3-4-26-15;17-16(18,19)9-1-2-11-12(5-9)25-10(7-22-23-25)6-13-14(21-8-24(11)13)15-20-3-4-26-15;1-8-19-15(24-20-8)14-13-5-10-6-18-21-23(10)12-4-9(16)2-3-11(12)22(13)7-17-14/h2-9,11-12H,10H2,1H3;4-6,9H,7-8H2,1-3H3;1-4,6-8H,5H2;1-5,7-8H,6H2;2-4,6-7H,5H2,1H3. The normalized spacial score (nSPS) is 12.5. The molecular formula is C86H60BrF6N33O8. The van der Waals surface area contributed by atoms with Crippen molar-refractivity contribution in [3.63, 3.8) is 0 Å². The largest absolute Gasteiger partial charge is 0.573 e. The van der Waals surface area contributed by atoms with E-state index in [9.17, 15) is 26.3 Å². The molecule has 6 aromatic carbocycles. The highest BCUT2D eigenvalue weighted by molar-refractivity contribution is 9.10. The van der Waals surface area contributed by atoms with Crippen molar-refractivity contribution in [3.8, 4) is 143 Å². The third-order valence-corrected chi connectivity index (χ3v) is 22.7. The molecule has 0 saturated carbocycles. The van der Waals surface area contributed by atoms with Gasteiger partial charge in [-0.15, -0.1) is 43.8 Å². The number of aryl methyl sites for hydroxylation is 3. The lowest BCUT2D eigenvalue weighted by Gasteiger charge is -2.13. The number of ether oxygens (including phenoxy) is 3. The predicted octanol–water partition coefficient (Wildman–Crippen LogP) is 13.8. The van der Waals surface area contributed by atoms with Crippen LogP contribution in [0.15, 0.2) is 230 Å². The Morgan fingerprint density at radius 1 is 0.418 bits per heavy atom. The van der Waals surface area contributed by atoms with Crippen molar-refractivity contribution < 1.29 is 63.0 Å². The van der Waals surface area contributed by atoms with Gasteiger partial charge in [0.15, 0.2) is 46.2 Å². The van der Waals surface area contributed by atoms with Crippen LogP contribution in [0.5, 0.6) is 11.5 Å². The summed E-state index contributed by atoms with van der Waals surface area (Å²) < 4.78 is 138. The van der Waals surface area contributed by atoms with Crippen molar-refractivity contribution in [2.75, 3.05) is 14.2 Å². The highest BCUT2D eigenvalue weighted by Gasteiger charge is 2.38. The summed E-state index contributed by atoms with van der Waals surface area (Å²) >= 11 is 3.52. The van der Waals surface area contributed by atoms with Gasteiger partial charge in [-0.3, -0.25) is 22.8 Å². The fraction of sp³-hybridized carbons (Fsp3) is 0.151. The van der Waals surface area contributed by atoms with Crippen molar-refractivity contribution in [1.29, 1.82) is 0 Å². The average molecular weight is 1880 g/mol. The molecule has 48 heteroatoms. The van der Waals surface area contributed by atoms with E-state index in [0.717, 1.165) is 102 Å². The maximum Gasteiger partial charge on any atom is 0.573 e. The van der Waals surface area contributed by atoms with Crippen LogP contribution in [0.25, 0.3) is 132 Å². The third-order valence-electron chi connectivity index (χ3n) is 22.2. The number of oxazole rings is 2. The molecule has 0 bridgehead atoms. The summed E-state index contributed by atoms with van der Waals surface area (Å²) in [5.74, 6) is 5.37. The number of hydrogen-bond donors (Lipinski definition) is 0. The molecule has 20 heterocycles. The number of halogens is 7. The van der Waals surface area contributed by atoms with Gasteiger partial charge in [0.25, 0.3) is 17.7 Å². The second-order valence-electron chi connectivity index (χ2n) is 30.3. The van der Waals surface area contributed by atoms with Crippen LogP contribution in [-0.2, 0) is 49.7 Å². The number of benzene rings is 6. The Morgan fingerprint density at radius 2 is 0.858 bits per heavy atom. The fourth-order valence-electron chi connectivity index (χ4n) is 16.4. The summed E-state index contributed by atoms with van der Waals surface area (Å²) in [6.07, 6.45) is 13.6. The van der Waals surface area contributed by atoms with Crippen LogP contribution in [0, 0.1) is 20.8 Å². The predicted molar refractivity (Wildman–Crippen MR) is 454 cm³/mol. The zero-order chi connectivity index (χ0) is 91.4. The topological polar surface area (TPSA) is 439 Å². The number of imidazole rings is 5. The molecule has 0 N–H and O–H groups in total. The molecule has 15 aromatic heterocycles. The number of fused-ring (bicyclic) bond motifs is 25. The van der Waals surface area contributed by atoms with Crippen molar-refractivity contribution in [2.24, 2.45) is 0 Å². The number of aromatic nitrogens is 33. The van der Waals surface area contributed by atoms with Gasteiger partial charge in [0.2, 0.25) is 11.8 Å². The Hall–Kier alpha value is -17.5. The van der Waals surface area contributed by atoms with Gasteiger partial charge in [0.1, 0.15) is 73.7 Å². The first-order valence-electron chi connectivity index (χ1n) is 40.5. The molecule has 666 valence electrons. The molecule has 0 aliphatic carbocycles. The summed E-state index contributed by atoms with van der Waals surface area (Å²) in [6, 6.07) is 36.0. The zero-order valence-electron chi connectivity index (χ0n) is 70.0. The van der Waals surface area contributed by atoms with Gasteiger partial charge >= 0.3 is 12.5 Å². The minimum atomic E-state index is -4.79. The maximum absolute atomic E-state index is 13.2. The fourth-order valence-corrected chi connectivity index (χ4v) is 16.8. The summed E-state index contributed by atoms with van der Waals surface area (Å²) in [7, 11) is 3.27. The SMILES string of the molecule is COCc1nnc2n1Cc1c(-c3nc(C)no3)ncn1-c1cccc(OC)c1-2.Cc1noc(-c2ncn3c2Cc2cnnn2-c2cc(-c4ccccc4)ccc2-3)n1.Cc1noc(-c2ncn3c2Cc2cnnn2-c2cc(Br)ccc2-3)n1.FC(F)(F)Oc1ccc2c(c1)-n1nncc1Cc1c(-c3ncco3)ncn1-2.FC(F)(F)c1ccc2c(c1)-n1nncc1Cc1c(-c3ncco3)ncn1-2. The van der Waals surface area contributed by atoms with Crippen LogP contribution < -0.4 is 9.47 Å². The van der Waals surface area contributed by atoms with E-state index in [1.54, 1.807) is 94.4 Å². The Morgan fingerprint density at radius 3 is 1.31 bits per heavy atom. The van der Waals surface area contributed by atoms with Crippen LogP contribution in [0.3, 0.4) is 0 Å². The summed E-state index contributed by atoms with van der Waals surface area (Å²) in [4.78, 5) is 43.6. The van der Waals surface area contributed by atoms with Gasteiger partial charge < -0.3 is 41.2 Å². The number of nitrogens with zero attached hydrogens (tertiary/aromatic N) is 33. The third kappa shape index (κ3) is 14.8. The number of methoxy groups -OCH3 is 2. The van der Waals surface area contributed by atoms with E-state index in [4.69, 9.17) is 31.9 Å².